The Kier molecular flexibility index (Phi) is 3.71. The van der Waals surface area contributed by atoms with Gasteiger partial charge in [0.25, 0.3) is 5.91 Å². The van der Waals surface area contributed by atoms with Crippen LogP contribution in [-0.2, 0) is 19.3 Å². The van der Waals surface area contributed by atoms with Crippen molar-refractivity contribution >= 4 is 22.2 Å². The average Bonchev–Trinajstić information content (AvgIpc) is 3.14. The van der Waals surface area contributed by atoms with Gasteiger partial charge in [-0.1, -0.05) is 6.92 Å². The van der Waals surface area contributed by atoms with Gasteiger partial charge >= 0.3 is 0 Å². The maximum atomic E-state index is 12.2. The Labute approximate surface area is 126 Å². The van der Waals surface area contributed by atoms with Crippen LogP contribution in [0.1, 0.15) is 52.2 Å². The summed E-state index contributed by atoms with van der Waals surface area (Å²) in [5, 5.41) is 19.4. The zero-order chi connectivity index (χ0) is 14.8. The van der Waals surface area contributed by atoms with E-state index in [9.17, 15) is 10.1 Å². The fraction of sp³-hybridized carbons (Fsp3) is 0.429. The predicted molar refractivity (Wildman–Crippen MR) is 79.4 cm³/mol. The van der Waals surface area contributed by atoms with Crippen molar-refractivity contribution in [1.29, 1.82) is 5.26 Å². The Bertz CT molecular complexity index is 724. The van der Waals surface area contributed by atoms with Crippen LogP contribution < -0.4 is 5.32 Å². The van der Waals surface area contributed by atoms with Gasteiger partial charge < -0.3 is 5.32 Å². The van der Waals surface area contributed by atoms with Gasteiger partial charge in [0.2, 0.25) is 5.82 Å². The number of rotatable bonds is 4. The summed E-state index contributed by atoms with van der Waals surface area (Å²) in [6.45, 7) is 2.04. The normalized spacial score (nSPS) is 13.0. The summed E-state index contributed by atoms with van der Waals surface area (Å²) in [5.74, 6) is 0.456. The number of carbonyl (C=O) groups is 1. The molecule has 0 unspecified atom stereocenters. The van der Waals surface area contributed by atoms with E-state index in [4.69, 9.17) is 0 Å². The SMILES string of the molecule is CCCc1nc(C(=O)Nc2sc3c(c2C#N)CCC3)n[nH]1. The number of nitrogens with zero attached hydrogens (tertiary/aromatic N) is 3. The minimum atomic E-state index is -0.370. The quantitative estimate of drug-likeness (QED) is 0.906. The molecule has 7 heteroatoms. The molecule has 0 aliphatic heterocycles. The number of nitrogens with one attached hydrogen (secondary N) is 2. The Hall–Kier alpha value is -2.20. The molecule has 6 nitrogen and oxygen atoms in total. The van der Waals surface area contributed by atoms with Crippen molar-refractivity contribution in [3.63, 3.8) is 0 Å². The Morgan fingerprint density at radius 1 is 1.52 bits per heavy atom. The van der Waals surface area contributed by atoms with E-state index in [1.807, 2.05) is 6.92 Å². The van der Waals surface area contributed by atoms with Crippen LogP contribution in [0.4, 0.5) is 5.00 Å². The van der Waals surface area contributed by atoms with Crippen LogP contribution in [0.2, 0.25) is 0 Å². The summed E-state index contributed by atoms with van der Waals surface area (Å²) < 4.78 is 0. The van der Waals surface area contributed by atoms with Crippen LogP contribution >= 0.6 is 11.3 Å². The van der Waals surface area contributed by atoms with Crippen molar-refractivity contribution in [3.05, 3.63) is 27.7 Å². The Balaban J connectivity index is 1.80. The van der Waals surface area contributed by atoms with Crippen LogP contribution in [0.15, 0.2) is 0 Å². The number of aryl methyl sites for hydroxylation is 2. The van der Waals surface area contributed by atoms with Gasteiger partial charge in [0.15, 0.2) is 0 Å². The molecular formula is C14H15N5OS. The summed E-state index contributed by atoms with van der Waals surface area (Å²) in [7, 11) is 0. The van der Waals surface area contributed by atoms with E-state index >= 15 is 0 Å². The molecule has 0 aromatic carbocycles. The molecule has 0 fully saturated rings. The molecule has 21 heavy (non-hydrogen) atoms. The number of hydrogen-bond donors (Lipinski definition) is 2. The van der Waals surface area contributed by atoms with Gasteiger partial charge in [-0.05, 0) is 31.2 Å². The van der Waals surface area contributed by atoms with Crippen molar-refractivity contribution in [2.75, 3.05) is 5.32 Å². The third kappa shape index (κ3) is 2.54. The second-order valence-electron chi connectivity index (χ2n) is 4.98. The minimum Gasteiger partial charge on any atom is -0.310 e. The van der Waals surface area contributed by atoms with Gasteiger partial charge in [0.05, 0.1) is 5.56 Å². The molecule has 0 bridgehead atoms. The van der Waals surface area contributed by atoms with Crippen molar-refractivity contribution < 1.29 is 4.79 Å². The molecule has 3 rings (SSSR count). The highest BCUT2D eigenvalue weighted by atomic mass is 32.1. The van der Waals surface area contributed by atoms with Gasteiger partial charge in [-0.2, -0.15) is 5.26 Å². The monoisotopic (exact) mass is 301 g/mol. The Morgan fingerprint density at radius 2 is 2.38 bits per heavy atom. The summed E-state index contributed by atoms with van der Waals surface area (Å²) in [5.41, 5.74) is 1.70. The fourth-order valence-corrected chi connectivity index (χ4v) is 3.75. The van der Waals surface area contributed by atoms with Crippen LogP contribution in [0.5, 0.6) is 0 Å². The largest absolute Gasteiger partial charge is 0.310 e. The molecule has 2 N–H and O–H groups in total. The topological polar surface area (TPSA) is 94.5 Å². The number of fused-ring (bicyclic) bond motifs is 1. The van der Waals surface area contributed by atoms with Gasteiger partial charge in [-0.25, -0.2) is 4.98 Å². The van der Waals surface area contributed by atoms with Crippen molar-refractivity contribution in [1.82, 2.24) is 15.2 Å². The molecule has 1 amide bonds. The molecule has 2 heterocycles. The lowest BCUT2D eigenvalue weighted by molar-refractivity contribution is 0.101. The van der Waals surface area contributed by atoms with E-state index in [2.05, 4.69) is 26.6 Å². The molecular weight excluding hydrogens is 286 g/mol. The highest BCUT2D eigenvalue weighted by Crippen LogP contribution is 2.38. The number of carbonyl (C=O) groups excluding carboxylic acids is 1. The second kappa shape index (κ2) is 5.66. The third-order valence-electron chi connectivity index (χ3n) is 3.48. The summed E-state index contributed by atoms with van der Waals surface area (Å²) in [6, 6.07) is 2.21. The van der Waals surface area contributed by atoms with Gasteiger partial charge in [-0.15, -0.1) is 16.4 Å². The van der Waals surface area contributed by atoms with Crippen molar-refractivity contribution in [2.45, 2.75) is 39.0 Å². The second-order valence-corrected chi connectivity index (χ2v) is 6.09. The van der Waals surface area contributed by atoms with E-state index < -0.39 is 0 Å². The molecule has 0 saturated carbocycles. The van der Waals surface area contributed by atoms with Crippen LogP contribution in [0, 0.1) is 11.3 Å². The molecule has 1 aliphatic rings. The summed E-state index contributed by atoms with van der Waals surface area (Å²) in [4.78, 5) is 17.5. The highest BCUT2D eigenvalue weighted by Gasteiger charge is 2.24. The number of H-pyrrole nitrogens is 1. The number of anilines is 1. The maximum absolute atomic E-state index is 12.2. The van der Waals surface area contributed by atoms with E-state index in [1.165, 1.54) is 16.2 Å². The first-order valence-electron chi connectivity index (χ1n) is 7.00. The highest BCUT2D eigenvalue weighted by molar-refractivity contribution is 7.16. The van der Waals surface area contributed by atoms with E-state index in [0.29, 0.717) is 16.4 Å². The van der Waals surface area contributed by atoms with Crippen LogP contribution in [0.3, 0.4) is 0 Å². The molecule has 0 spiro atoms. The van der Waals surface area contributed by atoms with Crippen molar-refractivity contribution in [3.8, 4) is 6.07 Å². The number of aromatic amines is 1. The summed E-state index contributed by atoms with van der Waals surface area (Å²) in [6.07, 6.45) is 4.70. The lowest BCUT2D eigenvalue weighted by Crippen LogP contribution is -2.13. The summed E-state index contributed by atoms with van der Waals surface area (Å²) >= 11 is 1.49. The first-order chi connectivity index (χ1) is 10.2. The molecule has 2 aromatic heterocycles. The minimum absolute atomic E-state index is 0.121. The van der Waals surface area contributed by atoms with Crippen molar-refractivity contribution in [2.24, 2.45) is 0 Å². The lowest BCUT2D eigenvalue weighted by atomic mass is 10.1. The Morgan fingerprint density at radius 3 is 3.14 bits per heavy atom. The first kappa shape index (κ1) is 13.8. The zero-order valence-electron chi connectivity index (χ0n) is 11.7. The standard InChI is InChI=1S/C14H15N5OS/c1-2-4-11-16-12(19-18-11)13(20)17-14-9(7-15)8-5-3-6-10(8)21-14/h2-6H2,1H3,(H,17,20)(H,16,18,19). The predicted octanol–water partition coefficient (Wildman–Crippen LogP) is 2.43. The number of aromatic nitrogens is 3. The number of thiophene rings is 1. The van der Waals surface area contributed by atoms with Gasteiger partial charge in [0.1, 0.15) is 16.9 Å². The van der Waals surface area contributed by atoms with Gasteiger partial charge in [-0.3, -0.25) is 9.89 Å². The molecule has 0 saturated heterocycles. The lowest BCUT2D eigenvalue weighted by Gasteiger charge is -2.00. The van der Waals surface area contributed by atoms with E-state index in [-0.39, 0.29) is 11.7 Å². The zero-order valence-corrected chi connectivity index (χ0v) is 12.5. The first-order valence-corrected chi connectivity index (χ1v) is 7.81. The molecule has 108 valence electrons. The number of nitriles is 1. The molecule has 2 aromatic rings. The van der Waals surface area contributed by atoms with E-state index in [1.54, 1.807) is 0 Å². The fourth-order valence-electron chi connectivity index (χ4n) is 2.52. The van der Waals surface area contributed by atoms with Crippen LogP contribution in [0.25, 0.3) is 0 Å². The smallest absolute Gasteiger partial charge is 0.295 e. The molecule has 0 atom stereocenters. The number of hydrogen-bond acceptors (Lipinski definition) is 5. The van der Waals surface area contributed by atoms with Crippen LogP contribution in [-0.4, -0.2) is 21.1 Å². The molecule has 0 radical (unpaired) electrons. The average molecular weight is 301 g/mol. The third-order valence-corrected chi connectivity index (χ3v) is 4.69. The van der Waals surface area contributed by atoms with Gasteiger partial charge in [0, 0.05) is 11.3 Å². The number of amides is 1. The molecule has 1 aliphatic carbocycles. The maximum Gasteiger partial charge on any atom is 0.295 e. The van der Waals surface area contributed by atoms with E-state index in [0.717, 1.165) is 37.7 Å².